The molecule has 1 aliphatic rings. The van der Waals surface area contributed by atoms with Gasteiger partial charge in [0.15, 0.2) is 0 Å². The largest absolute Gasteiger partial charge is 0.444 e. The summed E-state index contributed by atoms with van der Waals surface area (Å²) in [6.07, 6.45) is 3.77. The Balaban J connectivity index is 1.80. The van der Waals surface area contributed by atoms with Gasteiger partial charge in [-0.2, -0.15) is 0 Å². The third-order valence-electron chi connectivity index (χ3n) is 3.84. The van der Waals surface area contributed by atoms with Gasteiger partial charge in [-0.05, 0) is 45.8 Å². The quantitative estimate of drug-likeness (QED) is 0.852. The van der Waals surface area contributed by atoms with Crippen LogP contribution in [0.25, 0.3) is 6.08 Å². The first kappa shape index (κ1) is 19.0. The Morgan fingerprint density at radius 2 is 1.88 bits per heavy atom. The third-order valence-corrected chi connectivity index (χ3v) is 3.84. The number of hydrogen-bond donors (Lipinski definition) is 1. The minimum absolute atomic E-state index is 0.00514. The van der Waals surface area contributed by atoms with E-state index in [1.54, 1.807) is 23.1 Å². The first-order valence-electron chi connectivity index (χ1n) is 8.45. The number of likely N-dealkylation sites (tertiary alicyclic amines) is 1. The lowest BCUT2D eigenvalue weighted by molar-refractivity contribution is -0.127. The minimum Gasteiger partial charge on any atom is -0.444 e. The number of ether oxygens (including phenoxy) is 1. The normalized spacial score (nSPS) is 16.1. The minimum atomic E-state index is -0.530. The van der Waals surface area contributed by atoms with E-state index in [-0.39, 0.29) is 17.8 Å². The van der Waals surface area contributed by atoms with Crippen LogP contribution in [0.5, 0.6) is 0 Å². The fourth-order valence-corrected chi connectivity index (χ4v) is 2.60. The molecule has 1 aromatic carbocycles. The lowest BCUT2D eigenvalue weighted by atomic mass is 10.1. The van der Waals surface area contributed by atoms with Crippen LogP contribution in [0.15, 0.2) is 30.3 Å². The van der Waals surface area contributed by atoms with Gasteiger partial charge in [-0.3, -0.25) is 4.79 Å². The molecule has 1 N–H and O–H groups in total. The van der Waals surface area contributed by atoms with Gasteiger partial charge in [-0.1, -0.05) is 18.2 Å². The summed E-state index contributed by atoms with van der Waals surface area (Å²) in [4.78, 5) is 25.7. The molecule has 1 saturated heterocycles. The van der Waals surface area contributed by atoms with E-state index in [0.29, 0.717) is 31.5 Å². The van der Waals surface area contributed by atoms with Gasteiger partial charge in [0.1, 0.15) is 11.4 Å². The van der Waals surface area contributed by atoms with Crippen molar-refractivity contribution < 1.29 is 18.7 Å². The van der Waals surface area contributed by atoms with E-state index in [4.69, 9.17) is 4.74 Å². The molecule has 136 valence electrons. The Kier molecular flexibility index (Phi) is 6.17. The first-order valence-corrected chi connectivity index (χ1v) is 8.45. The highest BCUT2D eigenvalue weighted by atomic mass is 19.1. The number of hydrogen-bond acceptors (Lipinski definition) is 3. The summed E-state index contributed by atoms with van der Waals surface area (Å²) < 4.78 is 18.8. The molecule has 5 nitrogen and oxygen atoms in total. The fourth-order valence-electron chi connectivity index (χ4n) is 2.60. The summed E-state index contributed by atoms with van der Waals surface area (Å²) in [5.74, 6) is -0.509. The lowest BCUT2D eigenvalue weighted by Crippen LogP contribution is -2.47. The van der Waals surface area contributed by atoms with Crippen LogP contribution in [-0.2, 0) is 9.53 Å². The number of alkyl carbamates (subject to hydrolysis) is 1. The summed E-state index contributed by atoms with van der Waals surface area (Å²) in [5.41, 5.74) is -0.143. The van der Waals surface area contributed by atoms with Crippen molar-refractivity contribution in [2.45, 2.75) is 45.3 Å². The Morgan fingerprint density at radius 1 is 1.24 bits per heavy atom. The predicted molar refractivity (Wildman–Crippen MR) is 94.4 cm³/mol. The van der Waals surface area contributed by atoms with Gasteiger partial charge >= 0.3 is 6.09 Å². The highest BCUT2D eigenvalue weighted by Crippen LogP contribution is 2.14. The molecule has 1 aromatic rings. The number of piperidine rings is 1. The summed E-state index contributed by atoms with van der Waals surface area (Å²) >= 11 is 0. The predicted octanol–water partition coefficient (Wildman–Crippen LogP) is 3.35. The van der Waals surface area contributed by atoms with Crippen LogP contribution in [0, 0.1) is 5.82 Å². The number of carbonyl (C=O) groups excluding carboxylic acids is 2. The van der Waals surface area contributed by atoms with Crippen molar-refractivity contribution in [1.29, 1.82) is 0 Å². The summed E-state index contributed by atoms with van der Waals surface area (Å²) in [5, 5.41) is 2.83. The second kappa shape index (κ2) is 8.14. The maximum Gasteiger partial charge on any atom is 0.407 e. The average Bonchev–Trinajstić information content (AvgIpc) is 2.52. The van der Waals surface area contributed by atoms with Crippen molar-refractivity contribution in [2.75, 3.05) is 13.1 Å². The number of carbonyl (C=O) groups is 2. The molecule has 0 aromatic heterocycles. The second-order valence-corrected chi connectivity index (χ2v) is 7.10. The van der Waals surface area contributed by atoms with Gasteiger partial charge in [-0.15, -0.1) is 0 Å². The van der Waals surface area contributed by atoms with E-state index in [1.165, 1.54) is 18.2 Å². The zero-order valence-corrected chi connectivity index (χ0v) is 14.9. The molecule has 0 radical (unpaired) electrons. The van der Waals surface area contributed by atoms with E-state index >= 15 is 0 Å². The topological polar surface area (TPSA) is 58.6 Å². The number of rotatable bonds is 3. The number of nitrogens with one attached hydrogen (secondary N) is 1. The summed E-state index contributed by atoms with van der Waals surface area (Å²) in [7, 11) is 0. The van der Waals surface area contributed by atoms with Gasteiger partial charge in [0.05, 0.1) is 0 Å². The summed E-state index contributed by atoms with van der Waals surface area (Å²) in [6.45, 7) is 6.53. The molecule has 2 rings (SSSR count). The van der Waals surface area contributed by atoms with E-state index in [0.717, 1.165) is 0 Å². The van der Waals surface area contributed by atoms with E-state index in [1.807, 2.05) is 20.8 Å². The molecule has 2 amide bonds. The molecule has 0 spiro atoms. The molecule has 1 aliphatic heterocycles. The number of amides is 2. The smallest absolute Gasteiger partial charge is 0.407 e. The van der Waals surface area contributed by atoms with Crippen LogP contribution in [0.2, 0.25) is 0 Å². The maximum absolute atomic E-state index is 13.5. The Hall–Kier alpha value is -2.37. The van der Waals surface area contributed by atoms with E-state index < -0.39 is 11.7 Å². The standard InChI is InChI=1S/C19H25FN2O3/c1-19(2,3)25-18(24)21-15-10-12-22(13-11-15)17(23)9-8-14-6-4-5-7-16(14)20/h4-9,15H,10-13H2,1-3H3,(H,21,24)/b9-8+. The molecule has 6 heteroatoms. The molecule has 0 aliphatic carbocycles. The monoisotopic (exact) mass is 348 g/mol. The SMILES string of the molecule is CC(C)(C)OC(=O)NC1CCN(C(=O)/C=C/c2ccccc2F)CC1. The summed E-state index contributed by atoms with van der Waals surface area (Å²) in [6, 6.07) is 6.31. The Bertz CT molecular complexity index is 644. The van der Waals surface area contributed by atoms with Gasteiger partial charge in [-0.25, -0.2) is 9.18 Å². The van der Waals surface area contributed by atoms with E-state index in [9.17, 15) is 14.0 Å². The molecule has 0 saturated carbocycles. The van der Waals surface area contributed by atoms with Crippen LogP contribution in [0.1, 0.15) is 39.2 Å². The van der Waals surface area contributed by atoms with Crippen molar-refractivity contribution in [3.8, 4) is 0 Å². The second-order valence-electron chi connectivity index (χ2n) is 7.10. The molecule has 1 heterocycles. The fraction of sp³-hybridized carbons (Fsp3) is 0.474. The van der Waals surface area contributed by atoms with Crippen LogP contribution >= 0.6 is 0 Å². The Labute approximate surface area is 147 Å². The zero-order valence-electron chi connectivity index (χ0n) is 14.9. The van der Waals surface area contributed by atoms with Crippen LogP contribution in [0.3, 0.4) is 0 Å². The van der Waals surface area contributed by atoms with Crippen molar-refractivity contribution in [1.82, 2.24) is 10.2 Å². The van der Waals surface area contributed by atoms with Crippen molar-refractivity contribution in [3.05, 3.63) is 41.7 Å². The van der Waals surface area contributed by atoms with Crippen molar-refractivity contribution >= 4 is 18.1 Å². The number of halogens is 1. The maximum atomic E-state index is 13.5. The van der Waals surface area contributed by atoms with Crippen molar-refractivity contribution in [3.63, 3.8) is 0 Å². The molecule has 0 unspecified atom stereocenters. The van der Waals surface area contributed by atoms with Gasteiger partial charge in [0, 0.05) is 30.8 Å². The molecule has 0 atom stereocenters. The van der Waals surface area contributed by atoms with Gasteiger partial charge in [0.2, 0.25) is 5.91 Å². The number of nitrogens with zero attached hydrogens (tertiary/aromatic N) is 1. The van der Waals surface area contributed by atoms with Gasteiger partial charge in [0.25, 0.3) is 0 Å². The average molecular weight is 348 g/mol. The zero-order chi connectivity index (χ0) is 18.4. The van der Waals surface area contributed by atoms with Crippen LogP contribution in [0.4, 0.5) is 9.18 Å². The van der Waals surface area contributed by atoms with Crippen LogP contribution < -0.4 is 5.32 Å². The lowest BCUT2D eigenvalue weighted by Gasteiger charge is -2.32. The molecule has 0 bridgehead atoms. The molecular formula is C19H25FN2O3. The molecule has 1 fully saturated rings. The highest BCUT2D eigenvalue weighted by Gasteiger charge is 2.24. The van der Waals surface area contributed by atoms with Crippen molar-refractivity contribution in [2.24, 2.45) is 0 Å². The number of benzene rings is 1. The molecule has 25 heavy (non-hydrogen) atoms. The third kappa shape index (κ3) is 6.21. The van der Waals surface area contributed by atoms with E-state index in [2.05, 4.69) is 5.32 Å². The molecular weight excluding hydrogens is 323 g/mol. The Morgan fingerprint density at radius 3 is 2.48 bits per heavy atom. The van der Waals surface area contributed by atoms with Gasteiger partial charge < -0.3 is 15.0 Å². The van der Waals surface area contributed by atoms with Crippen LogP contribution in [-0.4, -0.2) is 41.6 Å². The highest BCUT2D eigenvalue weighted by molar-refractivity contribution is 5.91. The first-order chi connectivity index (χ1) is 11.7.